The Kier molecular flexibility index (Phi) is 4.92. The Bertz CT molecular complexity index is 501. The second-order valence-electron chi connectivity index (χ2n) is 3.26. The van der Waals surface area contributed by atoms with E-state index in [1.165, 1.54) is 19.2 Å². The van der Waals surface area contributed by atoms with Crippen molar-refractivity contribution in [1.82, 2.24) is 5.48 Å². The summed E-state index contributed by atoms with van der Waals surface area (Å²) < 4.78 is 23.6. The number of rotatable bonds is 5. The molecule has 0 radical (unpaired) electrons. The highest BCUT2D eigenvalue weighted by Crippen LogP contribution is 2.17. The molecule has 17 heavy (non-hydrogen) atoms. The molecule has 0 unspecified atom stereocenters. The highest BCUT2D eigenvalue weighted by Gasteiger charge is 2.16. The van der Waals surface area contributed by atoms with Crippen LogP contribution in [0.25, 0.3) is 0 Å². The number of carbonyl (C=O) groups is 1. The van der Waals surface area contributed by atoms with Gasteiger partial charge in [0.15, 0.2) is 9.84 Å². The Morgan fingerprint density at radius 2 is 2.18 bits per heavy atom. The van der Waals surface area contributed by atoms with Gasteiger partial charge in [0.05, 0.1) is 17.8 Å². The average molecular weight is 278 g/mol. The van der Waals surface area contributed by atoms with Crippen molar-refractivity contribution in [3.8, 4) is 0 Å². The largest absolute Gasteiger partial charge is 0.277 e. The third kappa shape index (κ3) is 4.33. The van der Waals surface area contributed by atoms with Crippen LogP contribution in [0, 0.1) is 0 Å². The minimum atomic E-state index is -3.50. The summed E-state index contributed by atoms with van der Waals surface area (Å²) in [5.41, 5.74) is 2.05. The molecule has 1 amide bonds. The molecule has 0 fully saturated rings. The summed E-state index contributed by atoms with van der Waals surface area (Å²) in [5.74, 6) is -0.777. The standard InChI is InChI=1S/C10H12ClNO4S/c1-16-12-10(13)5-6-17(14,15)9-4-2-3-8(11)7-9/h2-4,7H,5-6H2,1H3,(H,12,13). The van der Waals surface area contributed by atoms with Crippen LogP contribution in [0.4, 0.5) is 0 Å². The van der Waals surface area contributed by atoms with E-state index in [1.807, 2.05) is 0 Å². The minimum Gasteiger partial charge on any atom is -0.277 e. The average Bonchev–Trinajstić information content (AvgIpc) is 2.27. The Balaban J connectivity index is 2.73. The number of sulfone groups is 1. The lowest BCUT2D eigenvalue weighted by Gasteiger charge is -2.04. The highest BCUT2D eigenvalue weighted by molar-refractivity contribution is 7.91. The van der Waals surface area contributed by atoms with E-state index in [-0.39, 0.29) is 17.1 Å². The van der Waals surface area contributed by atoms with Gasteiger partial charge in [-0.2, -0.15) is 0 Å². The molecular weight excluding hydrogens is 266 g/mol. The van der Waals surface area contributed by atoms with Gasteiger partial charge >= 0.3 is 0 Å². The number of benzene rings is 1. The van der Waals surface area contributed by atoms with Crippen molar-refractivity contribution in [1.29, 1.82) is 0 Å². The number of halogens is 1. The molecule has 1 N–H and O–H groups in total. The number of amides is 1. The van der Waals surface area contributed by atoms with Gasteiger partial charge in [0.1, 0.15) is 0 Å². The summed E-state index contributed by atoms with van der Waals surface area (Å²) in [6.45, 7) is 0. The second-order valence-corrected chi connectivity index (χ2v) is 5.80. The van der Waals surface area contributed by atoms with Crippen molar-refractivity contribution in [2.75, 3.05) is 12.9 Å². The number of hydrogen-bond donors (Lipinski definition) is 1. The lowest BCUT2D eigenvalue weighted by atomic mass is 10.4. The van der Waals surface area contributed by atoms with E-state index in [9.17, 15) is 13.2 Å². The van der Waals surface area contributed by atoms with Gasteiger partial charge in [0.25, 0.3) is 0 Å². The zero-order valence-corrected chi connectivity index (χ0v) is 10.7. The number of hydroxylamine groups is 1. The Labute approximate surface area is 105 Å². The first-order valence-electron chi connectivity index (χ1n) is 4.76. The van der Waals surface area contributed by atoms with Gasteiger partial charge in [-0.1, -0.05) is 17.7 Å². The zero-order valence-electron chi connectivity index (χ0n) is 9.14. The molecule has 5 nitrogen and oxygen atoms in total. The van der Waals surface area contributed by atoms with Crippen molar-refractivity contribution in [2.45, 2.75) is 11.3 Å². The summed E-state index contributed by atoms with van der Waals surface area (Å²) in [7, 11) is -2.22. The first-order valence-corrected chi connectivity index (χ1v) is 6.79. The molecule has 0 aliphatic carbocycles. The highest BCUT2D eigenvalue weighted by atomic mass is 35.5. The van der Waals surface area contributed by atoms with Crippen LogP contribution in [0.5, 0.6) is 0 Å². The van der Waals surface area contributed by atoms with E-state index in [1.54, 1.807) is 12.1 Å². The molecule has 0 aliphatic rings. The Morgan fingerprint density at radius 3 is 2.76 bits per heavy atom. The predicted molar refractivity (Wildman–Crippen MR) is 63.3 cm³/mol. The first kappa shape index (κ1) is 14.0. The van der Waals surface area contributed by atoms with Crippen LogP contribution >= 0.6 is 11.6 Å². The molecule has 1 rings (SSSR count). The monoisotopic (exact) mass is 277 g/mol. The smallest absolute Gasteiger partial charge is 0.244 e. The SMILES string of the molecule is CONC(=O)CCS(=O)(=O)c1cccc(Cl)c1. The predicted octanol–water partition coefficient (Wildman–Crippen LogP) is 1.18. The molecule has 0 aromatic heterocycles. The fraction of sp³-hybridized carbons (Fsp3) is 0.300. The maximum atomic E-state index is 11.8. The molecule has 0 saturated carbocycles. The summed E-state index contributed by atoms with van der Waals surface area (Å²) >= 11 is 5.70. The molecule has 0 bridgehead atoms. The van der Waals surface area contributed by atoms with E-state index < -0.39 is 15.7 Å². The van der Waals surface area contributed by atoms with Gasteiger partial charge in [0.2, 0.25) is 5.91 Å². The molecule has 0 aliphatic heterocycles. The number of carbonyl (C=O) groups excluding carboxylic acids is 1. The molecule has 0 heterocycles. The van der Waals surface area contributed by atoms with Crippen LogP contribution in [0.2, 0.25) is 5.02 Å². The van der Waals surface area contributed by atoms with E-state index in [0.29, 0.717) is 5.02 Å². The maximum Gasteiger partial charge on any atom is 0.244 e. The van der Waals surface area contributed by atoms with Crippen molar-refractivity contribution in [3.63, 3.8) is 0 Å². The molecule has 94 valence electrons. The van der Waals surface area contributed by atoms with E-state index in [0.717, 1.165) is 0 Å². The van der Waals surface area contributed by atoms with E-state index in [2.05, 4.69) is 10.3 Å². The molecule has 0 atom stereocenters. The van der Waals surface area contributed by atoms with Crippen LogP contribution in [0.3, 0.4) is 0 Å². The molecule has 0 spiro atoms. The van der Waals surface area contributed by atoms with Gasteiger partial charge < -0.3 is 0 Å². The van der Waals surface area contributed by atoms with Crippen LogP contribution in [0.15, 0.2) is 29.2 Å². The summed E-state index contributed by atoms with van der Waals surface area (Å²) in [5, 5.41) is 0.340. The van der Waals surface area contributed by atoms with Gasteiger partial charge in [-0.15, -0.1) is 0 Å². The van der Waals surface area contributed by atoms with Gasteiger partial charge in [-0.3, -0.25) is 9.63 Å². The van der Waals surface area contributed by atoms with Crippen molar-refractivity contribution < 1.29 is 18.0 Å². The van der Waals surface area contributed by atoms with Crippen molar-refractivity contribution in [2.24, 2.45) is 0 Å². The summed E-state index contributed by atoms with van der Waals surface area (Å²) in [4.78, 5) is 15.5. The summed E-state index contributed by atoms with van der Waals surface area (Å²) in [6, 6.07) is 5.92. The number of hydrogen-bond acceptors (Lipinski definition) is 4. The van der Waals surface area contributed by atoms with Crippen LogP contribution in [-0.2, 0) is 19.5 Å². The van der Waals surface area contributed by atoms with Crippen molar-refractivity contribution in [3.05, 3.63) is 29.3 Å². The third-order valence-electron chi connectivity index (χ3n) is 1.97. The van der Waals surface area contributed by atoms with E-state index in [4.69, 9.17) is 11.6 Å². The molecule has 0 saturated heterocycles. The normalized spacial score (nSPS) is 11.2. The minimum absolute atomic E-state index is 0.107. The van der Waals surface area contributed by atoms with Crippen LogP contribution < -0.4 is 5.48 Å². The van der Waals surface area contributed by atoms with Crippen LogP contribution in [-0.4, -0.2) is 27.2 Å². The van der Waals surface area contributed by atoms with Gasteiger partial charge in [-0.25, -0.2) is 13.9 Å². The lowest BCUT2D eigenvalue weighted by molar-refractivity contribution is -0.130. The third-order valence-corrected chi connectivity index (χ3v) is 3.92. The Hall–Kier alpha value is -1.11. The molecular formula is C10H12ClNO4S. The quantitative estimate of drug-likeness (QED) is 0.821. The first-order chi connectivity index (χ1) is 7.95. The summed E-state index contributed by atoms with van der Waals surface area (Å²) in [6.07, 6.45) is -0.164. The maximum absolute atomic E-state index is 11.8. The second kappa shape index (κ2) is 6.00. The zero-order chi connectivity index (χ0) is 12.9. The number of nitrogens with one attached hydrogen (secondary N) is 1. The molecule has 1 aromatic carbocycles. The van der Waals surface area contributed by atoms with Crippen molar-refractivity contribution >= 4 is 27.3 Å². The van der Waals surface area contributed by atoms with Gasteiger partial charge in [-0.05, 0) is 18.2 Å². The molecule has 1 aromatic rings. The molecule has 7 heteroatoms. The Morgan fingerprint density at radius 1 is 1.47 bits per heavy atom. The van der Waals surface area contributed by atoms with Crippen LogP contribution in [0.1, 0.15) is 6.42 Å². The fourth-order valence-corrected chi connectivity index (χ4v) is 2.71. The topological polar surface area (TPSA) is 72.5 Å². The van der Waals surface area contributed by atoms with E-state index >= 15 is 0 Å². The lowest BCUT2D eigenvalue weighted by Crippen LogP contribution is -2.24. The fourth-order valence-electron chi connectivity index (χ4n) is 1.17. The van der Waals surface area contributed by atoms with Gasteiger partial charge in [0, 0.05) is 11.4 Å².